The summed E-state index contributed by atoms with van der Waals surface area (Å²) in [6.07, 6.45) is 3.03. The largest absolute Gasteiger partial charge is 0.378 e. The molecule has 0 radical (unpaired) electrons. The maximum absolute atomic E-state index is 5.84. The molecule has 0 saturated carbocycles. The SMILES string of the molecule is CC(C)N1CCOC2(CCOC2)C1.CC(C)c1ccn(C)n1. The lowest BCUT2D eigenvalue weighted by Gasteiger charge is -2.41. The Bertz CT molecular complexity index is 451. The van der Waals surface area contributed by atoms with Crippen LogP contribution in [0, 0.1) is 0 Å². The molecule has 1 aromatic rings. The van der Waals surface area contributed by atoms with Gasteiger partial charge in [0.05, 0.1) is 18.9 Å². The van der Waals surface area contributed by atoms with E-state index in [1.807, 2.05) is 24.0 Å². The molecule has 2 aliphatic rings. The van der Waals surface area contributed by atoms with Crippen LogP contribution in [0.15, 0.2) is 12.3 Å². The van der Waals surface area contributed by atoms with Gasteiger partial charge >= 0.3 is 0 Å². The first-order chi connectivity index (χ1) is 10.4. The van der Waals surface area contributed by atoms with E-state index in [0.29, 0.717) is 12.0 Å². The van der Waals surface area contributed by atoms with Crippen LogP contribution in [0.5, 0.6) is 0 Å². The van der Waals surface area contributed by atoms with Crippen molar-refractivity contribution >= 4 is 0 Å². The van der Waals surface area contributed by atoms with Crippen LogP contribution in [-0.2, 0) is 16.5 Å². The fourth-order valence-electron chi connectivity index (χ4n) is 2.88. The van der Waals surface area contributed by atoms with E-state index in [1.54, 1.807) is 0 Å². The molecule has 1 spiro atoms. The zero-order valence-electron chi connectivity index (χ0n) is 14.7. The lowest BCUT2D eigenvalue weighted by molar-refractivity contribution is -0.115. The number of ether oxygens (including phenoxy) is 2. The van der Waals surface area contributed by atoms with Gasteiger partial charge in [-0.3, -0.25) is 9.58 Å². The van der Waals surface area contributed by atoms with Crippen molar-refractivity contribution in [1.29, 1.82) is 0 Å². The lowest BCUT2D eigenvalue weighted by atomic mass is 10.00. The monoisotopic (exact) mass is 309 g/mol. The first kappa shape index (κ1) is 17.4. The smallest absolute Gasteiger partial charge is 0.106 e. The summed E-state index contributed by atoms with van der Waals surface area (Å²) in [6.45, 7) is 13.4. The number of hydrogen-bond acceptors (Lipinski definition) is 4. The van der Waals surface area contributed by atoms with Gasteiger partial charge in [-0.05, 0) is 25.8 Å². The Morgan fingerprint density at radius 1 is 1.23 bits per heavy atom. The van der Waals surface area contributed by atoms with Crippen molar-refractivity contribution in [1.82, 2.24) is 14.7 Å². The fraction of sp³-hybridized carbons (Fsp3) is 0.824. The minimum atomic E-state index is 0.0303. The first-order valence-corrected chi connectivity index (χ1v) is 8.37. The molecule has 0 aromatic carbocycles. The van der Waals surface area contributed by atoms with Gasteiger partial charge in [-0.15, -0.1) is 0 Å². The van der Waals surface area contributed by atoms with E-state index >= 15 is 0 Å². The fourth-order valence-corrected chi connectivity index (χ4v) is 2.88. The van der Waals surface area contributed by atoms with Crippen LogP contribution in [0.3, 0.4) is 0 Å². The summed E-state index contributed by atoms with van der Waals surface area (Å²) in [5, 5.41) is 4.23. The highest BCUT2D eigenvalue weighted by Crippen LogP contribution is 2.28. The van der Waals surface area contributed by atoms with Crippen molar-refractivity contribution in [3.05, 3.63) is 18.0 Å². The Balaban J connectivity index is 0.000000172. The Hall–Kier alpha value is -0.910. The summed E-state index contributed by atoms with van der Waals surface area (Å²) < 4.78 is 13.1. The van der Waals surface area contributed by atoms with Crippen LogP contribution < -0.4 is 0 Å². The Kier molecular flexibility index (Phi) is 6.01. The second-order valence-corrected chi connectivity index (χ2v) is 6.97. The van der Waals surface area contributed by atoms with Gasteiger partial charge in [-0.25, -0.2) is 0 Å². The first-order valence-electron chi connectivity index (χ1n) is 8.37. The average Bonchev–Trinajstić information content (AvgIpc) is 3.09. The van der Waals surface area contributed by atoms with E-state index in [9.17, 15) is 0 Å². The van der Waals surface area contributed by atoms with Crippen LogP contribution in [0.25, 0.3) is 0 Å². The second-order valence-electron chi connectivity index (χ2n) is 6.97. The molecule has 1 aromatic heterocycles. The standard InChI is InChI=1S/C10H19NO2.C7H12N2/c1-9(2)11-4-6-13-10(7-11)3-5-12-8-10;1-6(2)7-4-5-9(3)8-7/h9H,3-8H2,1-2H3;4-6H,1-3H3. The molecule has 3 heterocycles. The molecular weight excluding hydrogens is 278 g/mol. The zero-order chi connectivity index (χ0) is 16.2. The van der Waals surface area contributed by atoms with E-state index in [-0.39, 0.29) is 5.60 Å². The number of hydrogen-bond donors (Lipinski definition) is 0. The maximum Gasteiger partial charge on any atom is 0.106 e. The van der Waals surface area contributed by atoms with Gasteiger partial charge in [0.15, 0.2) is 0 Å². The minimum Gasteiger partial charge on any atom is -0.378 e. The minimum absolute atomic E-state index is 0.0303. The highest BCUT2D eigenvalue weighted by atomic mass is 16.6. The maximum atomic E-state index is 5.84. The van der Waals surface area contributed by atoms with Crippen LogP contribution in [0.2, 0.25) is 0 Å². The normalized spacial score (nSPS) is 25.8. The third kappa shape index (κ3) is 4.54. The van der Waals surface area contributed by atoms with E-state index in [0.717, 1.165) is 45.0 Å². The van der Waals surface area contributed by atoms with Crippen molar-refractivity contribution in [3.63, 3.8) is 0 Å². The summed E-state index contributed by atoms with van der Waals surface area (Å²) in [7, 11) is 1.94. The second kappa shape index (κ2) is 7.57. The Morgan fingerprint density at radius 2 is 2.00 bits per heavy atom. The van der Waals surface area contributed by atoms with Gasteiger partial charge in [-0.2, -0.15) is 5.10 Å². The van der Waals surface area contributed by atoms with E-state index in [4.69, 9.17) is 9.47 Å². The molecular formula is C17H31N3O2. The summed E-state index contributed by atoms with van der Waals surface area (Å²) >= 11 is 0. The molecule has 5 nitrogen and oxygen atoms in total. The van der Waals surface area contributed by atoms with Crippen molar-refractivity contribution in [3.8, 4) is 0 Å². The molecule has 1 unspecified atom stereocenters. The predicted octanol–water partition coefficient (Wildman–Crippen LogP) is 2.43. The highest BCUT2D eigenvalue weighted by molar-refractivity contribution is 5.03. The summed E-state index contributed by atoms with van der Waals surface area (Å²) in [6, 6.07) is 2.67. The molecule has 2 saturated heterocycles. The van der Waals surface area contributed by atoms with Gasteiger partial charge in [0, 0.05) is 45.4 Å². The quantitative estimate of drug-likeness (QED) is 0.841. The van der Waals surface area contributed by atoms with Crippen molar-refractivity contribution < 1.29 is 9.47 Å². The predicted molar refractivity (Wildman–Crippen MR) is 88.1 cm³/mol. The Morgan fingerprint density at radius 3 is 2.45 bits per heavy atom. The average molecular weight is 309 g/mol. The molecule has 0 N–H and O–H groups in total. The van der Waals surface area contributed by atoms with Crippen molar-refractivity contribution in [2.24, 2.45) is 7.05 Å². The molecule has 5 heteroatoms. The topological polar surface area (TPSA) is 39.5 Å². The van der Waals surface area contributed by atoms with E-state index in [2.05, 4.69) is 37.7 Å². The van der Waals surface area contributed by atoms with Crippen LogP contribution >= 0.6 is 0 Å². The number of nitrogens with zero attached hydrogens (tertiary/aromatic N) is 3. The lowest BCUT2D eigenvalue weighted by Crippen LogP contribution is -2.54. The number of rotatable bonds is 2. The third-order valence-corrected chi connectivity index (χ3v) is 4.40. The molecule has 2 fully saturated rings. The van der Waals surface area contributed by atoms with Crippen LogP contribution in [-0.4, -0.2) is 59.2 Å². The number of aryl methyl sites for hydroxylation is 1. The van der Waals surface area contributed by atoms with Gasteiger partial charge in [0.1, 0.15) is 5.60 Å². The Labute approximate surface area is 134 Å². The van der Waals surface area contributed by atoms with E-state index < -0.39 is 0 Å². The van der Waals surface area contributed by atoms with Gasteiger partial charge < -0.3 is 9.47 Å². The molecule has 3 rings (SSSR count). The zero-order valence-corrected chi connectivity index (χ0v) is 14.7. The summed E-state index contributed by atoms with van der Waals surface area (Å²) in [5.41, 5.74) is 1.19. The number of aromatic nitrogens is 2. The third-order valence-electron chi connectivity index (χ3n) is 4.40. The van der Waals surface area contributed by atoms with Gasteiger partial charge in [0.25, 0.3) is 0 Å². The van der Waals surface area contributed by atoms with Crippen LogP contribution in [0.4, 0.5) is 0 Å². The molecule has 126 valence electrons. The molecule has 2 aliphatic heterocycles. The van der Waals surface area contributed by atoms with Gasteiger partial charge in [0.2, 0.25) is 0 Å². The summed E-state index contributed by atoms with van der Waals surface area (Å²) in [5.74, 6) is 0.547. The van der Waals surface area contributed by atoms with E-state index in [1.165, 1.54) is 0 Å². The highest BCUT2D eigenvalue weighted by Gasteiger charge is 2.40. The molecule has 0 amide bonds. The molecule has 22 heavy (non-hydrogen) atoms. The van der Waals surface area contributed by atoms with Gasteiger partial charge in [-0.1, -0.05) is 13.8 Å². The van der Waals surface area contributed by atoms with Crippen LogP contribution in [0.1, 0.15) is 45.7 Å². The molecule has 0 bridgehead atoms. The number of morpholine rings is 1. The molecule has 0 aliphatic carbocycles. The van der Waals surface area contributed by atoms with Crippen molar-refractivity contribution in [2.45, 2.75) is 51.7 Å². The summed E-state index contributed by atoms with van der Waals surface area (Å²) in [4.78, 5) is 2.48. The molecule has 1 atom stereocenters. The van der Waals surface area contributed by atoms with Crippen molar-refractivity contribution in [2.75, 3.05) is 32.9 Å².